The Morgan fingerprint density at radius 2 is 1.79 bits per heavy atom. The van der Waals surface area contributed by atoms with Gasteiger partial charge in [0.1, 0.15) is 11.5 Å². The highest BCUT2D eigenvalue weighted by Gasteiger charge is 2.26. The van der Waals surface area contributed by atoms with Crippen molar-refractivity contribution in [2.24, 2.45) is 18.9 Å². The van der Waals surface area contributed by atoms with Gasteiger partial charge in [-0.2, -0.15) is 0 Å². The third kappa shape index (κ3) is 5.35. The van der Waals surface area contributed by atoms with Crippen LogP contribution in [0.4, 0.5) is 0 Å². The molecule has 1 aliphatic rings. The van der Waals surface area contributed by atoms with Gasteiger partial charge in [-0.25, -0.2) is 4.98 Å². The van der Waals surface area contributed by atoms with Crippen LogP contribution in [0.25, 0.3) is 11.4 Å². The largest absolute Gasteiger partial charge is 0.481 e. The van der Waals surface area contributed by atoms with Gasteiger partial charge in [-0.1, -0.05) is 30.3 Å². The number of carbonyl (C=O) groups excluding carboxylic acids is 1. The van der Waals surface area contributed by atoms with Gasteiger partial charge < -0.3 is 14.2 Å². The molecule has 7 heteroatoms. The molecule has 0 spiro atoms. The Morgan fingerprint density at radius 1 is 1.09 bits per heavy atom. The van der Waals surface area contributed by atoms with Gasteiger partial charge in [0.15, 0.2) is 5.78 Å². The number of ketones is 1. The molecule has 3 aromatic rings. The van der Waals surface area contributed by atoms with E-state index < -0.39 is 5.97 Å². The van der Waals surface area contributed by atoms with E-state index in [2.05, 4.69) is 0 Å². The fraction of sp³-hybridized carbons (Fsp3) is 0.407. The van der Waals surface area contributed by atoms with E-state index in [1.807, 2.05) is 47.2 Å². The normalized spacial score (nSPS) is 18.1. The summed E-state index contributed by atoms with van der Waals surface area (Å²) >= 11 is 0. The van der Waals surface area contributed by atoms with Crippen molar-refractivity contribution in [1.82, 2.24) is 14.1 Å². The lowest BCUT2D eigenvalue weighted by molar-refractivity contribution is -0.143. The molecule has 0 radical (unpaired) electrons. The molecule has 2 heterocycles. The molecule has 34 heavy (non-hydrogen) atoms. The highest BCUT2D eigenvalue weighted by molar-refractivity contribution is 5.94. The topological polar surface area (TPSA) is 94.2 Å². The Labute approximate surface area is 199 Å². The molecule has 7 nitrogen and oxygen atoms in total. The standard InChI is InChI=1S/C27H31N3O4/c1-18-14-22(16-29(2)26(18)32)25-28-23(17-30(25)15-20-6-4-3-5-7-20)24(31)13-10-19-8-11-21(12-9-19)27(33)34/h3-7,14,16-17,19,21H,8-13,15H2,1-2H3,(H,33,34). The van der Waals surface area contributed by atoms with Crippen molar-refractivity contribution in [3.8, 4) is 11.4 Å². The number of benzene rings is 1. The van der Waals surface area contributed by atoms with Gasteiger partial charge in [-0.3, -0.25) is 14.4 Å². The average molecular weight is 462 g/mol. The number of aromatic nitrogens is 3. The van der Waals surface area contributed by atoms with Crippen molar-refractivity contribution in [3.63, 3.8) is 0 Å². The third-order valence-corrected chi connectivity index (χ3v) is 6.85. The minimum absolute atomic E-state index is 0.00467. The first-order valence-corrected chi connectivity index (χ1v) is 11.9. The van der Waals surface area contributed by atoms with Crippen LogP contribution in [0.1, 0.15) is 60.1 Å². The number of hydrogen-bond donors (Lipinski definition) is 1. The van der Waals surface area contributed by atoms with Crippen LogP contribution in [0.5, 0.6) is 0 Å². The summed E-state index contributed by atoms with van der Waals surface area (Å²) in [6.45, 7) is 2.35. The van der Waals surface area contributed by atoms with Crippen LogP contribution in [0.3, 0.4) is 0 Å². The quantitative estimate of drug-likeness (QED) is 0.500. The van der Waals surface area contributed by atoms with Crippen molar-refractivity contribution in [2.75, 3.05) is 0 Å². The van der Waals surface area contributed by atoms with Gasteiger partial charge in [0.2, 0.25) is 0 Å². The Morgan fingerprint density at radius 3 is 2.44 bits per heavy atom. The van der Waals surface area contributed by atoms with Crippen molar-refractivity contribution in [1.29, 1.82) is 0 Å². The number of rotatable bonds is 8. The number of carboxylic acids is 1. The lowest BCUT2D eigenvalue weighted by atomic mass is 9.80. The lowest BCUT2D eigenvalue weighted by Crippen LogP contribution is -2.21. The molecular weight excluding hydrogens is 430 g/mol. The number of pyridine rings is 1. The SMILES string of the molecule is Cc1cc(-c2nc(C(=O)CCC3CCC(C(=O)O)CC3)cn2Cc2ccccc2)cn(C)c1=O. The molecule has 4 rings (SSSR count). The maximum atomic E-state index is 13.1. The first-order valence-electron chi connectivity index (χ1n) is 11.9. The molecule has 0 amide bonds. The van der Waals surface area contributed by atoms with Gasteiger partial charge in [-0.05, 0) is 56.6 Å². The number of hydrogen-bond acceptors (Lipinski definition) is 4. The van der Waals surface area contributed by atoms with Gasteiger partial charge in [-0.15, -0.1) is 0 Å². The monoisotopic (exact) mass is 461 g/mol. The maximum Gasteiger partial charge on any atom is 0.306 e. The summed E-state index contributed by atoms with van der Waals surface area (Å²) < 4.78 is 3.51. The van der Waals surface area contributed by atoms with Crippen LogP contribution in [0.15, 0.2) is 53.6 Å². The Kier molecular flexibility index (Phi) is 7.10. The zero-order chi connectivity index (χ0) is 24.2. The molecular formula is C27H31N3O4. The highest BCUT2D eigenvalue weighted by Crippen LogP contribution is 2.32. The van der Waals surface area contributed by atoms with Crippen LogP contribution in [-0.2, 0) is 18.4 Å². The molecule has 1 aliphatic carbocycles. The molecule has 1 aromatic carbocycles. The second-order valence-electron chi connectivity index (χ2n) is 9.41. The van der Waals surface area contributed by atoms with Crippen LogP contribution < -0.4 is 5.56 Å². The molecule has 0 bridgehead atoms. The predicted octanol–water partition coefficient (Wildman–Crippen LogP) is 4.46. The summed E-state index contributed by atoms with van der Waals surface area (Å²) in [7, 11) is 1.72. The fourth-order valence-electron chi connectivity index (χ4n) is 4.84. The Hall–Kier alpha value is -3.48. The van der Waals surface area contributed by atoms with E-state index >= 15 is 0 Å². The zero-order valence-electron chi connectivity index (χ0n) is 19.7. The number of carboxylic acid groups (broad SMARTS) is 1. The third-order valence-electron chi connectivity index (χ3n) is 6.85. The number of carbonyl (C=O) groups is 2. The number of aliphatic carboxylic acids is 1. The van der Waals surface area contributed by atoms with Crippen LogP contribution >= 0.6 is 0 Å². The van der Waals surface area contributed by atoms with Crippen LogP contribution in [-0.4, -0.2) is 31.0 Å². The van der Waals surface area contributed by atoms with E-state index in [1.54, 1.807) is 24.7 Å². The summed E-state index contributed by atoms with van der Waals surface area (Å²) in [4.78, 5) is 41.1. The summed E-state index contributed by atoms with van der Waals surface area (Å²) in [5.74, 6) is 0.0905. The van der Waals surface area contributed by atoms with Crippen LogP contribution in [0, 0.1) is 18.8 Å². The zero-order valence-corrected chi connectivity index (χ0v) is 19.7. The molecule has 0 saturated heterocycles. The number of nitrogens with zero attached hydrogens (tertiary/aromatic N) is 3. The van der Waals surface area contributed by atoms with Gasteiger partial charge in [0.25, 0.3) is 5.56 Å². The Bertz CT molecular complexity index is 1210. The minimum Gasteiger partial charge on any atom is -0.481 e. The van der Waals surface area contributed by atoms with Crippen molar-refractivity contribution >= 4 is 11.8 Å². The fourth-order valence-corrected chi connectivity index (χ4v) is 4.84. The number of Topliss-reactive ketones (excluding diaryl/α,β-unsaturated/α-hetero) is 1. The molecule has 1 fully saturated rings. The van der Waals surface area contributed by atoms with Gasteiger partial charge in [0.05, 0.1) is 5.92 Å². The van der Waals surface area contributed by atoms with E-state index in [-0.39, 0.29) is 17.3 Å². The van der Waals surface area contributed by atoms with E-state index in [9.17, 15) is 19.5 Å². The van der Waals surface area contributed by atoms with E-state index in [0.29, 0.717) is 48.8 Å². The molecule has 2 aromatic heterocycles. The summed E-state index contributed by atoms with van der Waals surface area (Å²) in [6, 6.07) is 11.8. The molecule has 1 N–H and O–H groups in total. The summed E-state index contributed by atoms with van der Waals surface area (Å²) in [6.07, 6.45) is 7.82. The summed E-state index contributed by atoms with van der Waals surface area (Å²) in [5.41, 5.74) is 2.88. The minimum atomic E-state index is -0.709. The number of imidazole rings is 1. The molecule has 1 saturated carbocycles. The predicted molar refractivity (Wildman–Crippen MR) is 130 cm³/mol. The van der Waals surface area contributed by atoms with E-state index in [1.165, 1.54) is 0 Å². The Balaban J connectivity index is 1.54. The lowest BCUT2D eigenvalue weighted by Gasteiger charge is -2.25. The first kappa shape index (κ1) is 23.7. The first-order chi connectivity index (χ1) is 16.3. The van der Waals surface area contributed by atoms with Gasteiger partial charge >= 0.3 is 5.97 Å². The van der Waals surface area contributed by atoms with Crippen molar-refractivity contribution < 1.29 is 14.7 Å². The molecule has 0 atom stereocenters. The van der Waals surface area contributed by atoms with Crippen molar-refractivity contribution in [3.05, 3.63) is 76.0 Å². The van der Waals surface area contributed by atoms with E-state index in [0.717, 1.165) is 30.4 Å². The smallest absolute Gasteiger partial charge is 0.306 e. The van der Waals surface area contributed by atoms with E-state index in [4.69, 9.17) is 4.98 Å². The second-order valence-corrected chi connectivity index (χ2v) is 9.41. The average Bonchev–Trinajstić information content (AvgIpc) is 3.25. The summed E-state index contributed by atoms with van der Waals surface area (Å²) in [5, 5.41) is 9.19. The molecule has 0 aliphatic heterocycles. The maximum absolute atomic E-state index is 13.1. The van der Waals surface area contributed by atoms with Gasteiger partial charge in [0, 0.05) is 43.5 Å². The highest BCUT2D eigenvalue weighted by atomic mass is 16.4. The molecule has 178 valence electrons. The second kappa shape index (κ2) is 10.2. The molecule has 0 unspecified atom stereocenters. The van der Waals surface area contributed by atoms with Crippen molar-refractivity contribution in [2.45, 2.75) is 52.0 Å². The van der Waals surface area contributed by atoms with Crippen LogP contribution in [0.2, 0.25) is 0 Å². The number of aryl methyl sites for hydroxylation is 2.